The molecule has 0 aliphatic rings. The molecule has 8 heteroatoms. The lowest BCUT2D eigenvalue weighted by atomic mass is 10.2. The number of pyridine rings is 1. The largest absolute Gasteiger partial charge is 0.337 e. The van der Waals surface area contributed by atoms with Gasteiger partial charge < -0.3 is 10.6 Å². The molecule has 24 heavy (non-hydrogen) atoms. The van der Waals surface area contributed by atoms with Gasteiger partial charge in [-0.1, -0.05) is 12.1 Å². The molecule has 0 aliphatic heterocycles. The number of hydrogen-bond acceptors (Lipinski definition) is 5. The number of benzene rings is 1. The number of rotatable bonds is 5. The van der Waals surface area contributed by atoms with Crippen LogP contribution in [-0.4, -0.2) is 37.8 Å². The van der Waals surface area contributed by atoms with E-state index in [0.29, 0.717) is 18.7 Å². The van der Waals surface area contributed by atoms with Crippen LogP contribution in [0.25, 0.3) is 5.69 Å². The predicted molar refractivity (Wildman–Crippen MR) is 88.9 cm³/mol. The van der Waals surface area contributed by atoms with E-state index >= 15 is 0 Å². The topological polar surface area (TPSA) is 97.6 Å². The van der Waals surface area contributed by atoms with E-state index in [2.05, 4.69) is 31.1 Å². The molecule has 2 amide bonds. The molecule has 0 bridgehead atoms. The highest BCUT2D eigenvalue weighted by atomic mass is 16.2. The molecule has 122 valence electrons. The monoisotopic (exact) mass is 323 g/mol. The van der Waals surface area contributed by atoms with Gasteiger partial charge in [0.25, 0.3) is 0 Å². The van der Waals surface area contributed by atoms with Crippen molar-refractivity contribution in [3.63, 3.8) is 0 Å². The summed E-state index contributed by atoms with van der Waals surface area (Å²) in [7, 11) is 0. The first kappa shape index (κ1) is 15.6. The molecule has 0 fully saturated rings. The number of aromatic nitrogens is 5. The molecule has 2 N–H and O–H groups in total. The van der Waals surface area contributed by atoms with Crippen molar-refractivity contribution >= 4 is 11.7 Å². The fourth-order valence-electron chi connectivity index (χ4n) is 2.23. The Morgan fingerprint density at radius 1 is 1.25 bits per heavy atom. The molecule has 3 aromatic rings. The maximum absolute atomic E-state index is 12.0. The quantitative estimate of drug-likeness (QED) is 0.745. The molecule has 8 nitrogen and oxygen atoms in total. The van der Waals surface area contributed by atoms with E-state index in [1.807, 2.05) is 43.3 Å². The Hall–Kier alpha value is -3.29. The van der Waals surface area contributed by atoms with Gasteiger partial charge in [-0.3, -0.25) is 4.98 Å². The number of carbonyl (C=O) groups is 1. The molecular formula is C16H17N7O. The summed E-state index contributed by atoms with van der Waals surface area (Å²) in [5.41, 5.74) is 3.42. The zero-order valence-electron chi connectivity index (χ0n) is 13.2. The average molecular weight is 323 g/mol. The number of amides is 2. The predicted octanol–water partition coefficient (Wildman–Crippen LogP) is 1.73. The van der Waals surface area contributed by atoms with Crippen LogP contribution < -0.4 is 10.6 Å². The zero-order valence-corrected chi connectivity index (χ0v) is 13.2. The van der Waals surface area contributed by atoms with Gasteiger partial charge in [0.2, 0.25) is 0 Å². The average Bonchev–Trinajstić information content (AvgIpc) is 3.12. The lowest BCUT2D eigenvalue weighted by molar-refractivity contribution is 0.252. The van der Waals surface area contributed by atoms with Crippen LogP contribution in [0.1, 0.15) is 11.3 Å². The van der Waals surface area contributed by atoms with Gasteiger partial charge >= 0.3 is 6.03 Å². The summed E-state index contributed by atoms with van der Waals surface area (Å²) < 4.78 is 1.56. The minimum Gasteiger partial charge on any atom is -0.337 e. The SMILES string of the molecule is Cc1ccc(NC(=O)NCCc2ccccn2)cc1-n1cnnn1. The van der Waals surface area contributed by atoms with Crippen molar-refractivity contribution in [3.8, 4) is 5.69 Å². The van der Waals surface area contributed by atoms with Crippen LogP contribution in [0.4, 0.5) is 10.5 Å². The number of tetrazole rings is 1. The second kappa shape index (κ2) is 7.32. The molecular weight excluding hydrogens is 306 g/mol. The minimum absolute atomic E-state index is 0.266. The molecule has 1 aromatic carbocycles. The summed E-state index contributed by atoms with van der Waals surface area (Å²) in [4.78, 5) is 16.2. The van der Waals surface area contributed by atoms with Crippen LogP contribution >= 0.6 is 0 Å². The van der Waals surface area contributed by atoms with Crippen LogP contribution in [0, 0.1) is 6.92 Å². The summed E-state index contributed by atoms with van der Waals surface area (Å²) in [5.74, 6) is 0. The third-order valence-electron chi connectivity index (χ3n) is 3.46. The van der Waals surface area contributed by atoms with Crippen LogP contribution in [0.2, 0.25) is 0 Å². The third-order valence-corrected chi connectivity index (χ3v) is 3.46. The Labute approximate surface area is 138 Å². The number of anilines is 1. The summed E-state index contributed by atoms with van der Waals surface area (Å²) in [6, 6.07) is 11.0. The fourth-order valence-corrected chi connectivity index (χ4v) is 2.23. The number of nitrogens with one attached hydrogen (secondary N) is 2. The first-order valence-electron chi connectivity index (χ1n) is 7.51. The summed E-state index contributed by atoms with van der Waals surface area (Å²) in [6.07, 6.45) is 3.93. The maximum atomic E-state index is 12.0. The first-order valence-corrected chi connectivity index (χ1v) is 7.51. The van der Waals surface area contributed by atoms with Gasteiger partial charge in [-0.05, 0) is 47.2 Å². The fraction of sp³-hybridized carbons (Fsp3) is 0.188. The smallest absolute Gasteiger partial charge is 0.319 e. The summed E-state index contributed by atoms with van der Waals surface area (Å²) in [5, 5.41) is 16.7. The highest BCUT2D eigenvalue weighted by molar-refractivity contribution is 5.89. The molecule has 2 aromatic heterocycles. The molecule has 0 saturated carbocycles. The van der Waals surface area contributed by atoms with Crippen molar-refractivity contribution in [2.24, 2.45) is 0 Å². The Morgan fingerprint density at radius 3 is 2.92 bits per heavy atom. The van der Waals surface area contributed by atoms with Gasteiger partial charge in [0, 0.05) is 30.5 Å². The minimum atomic E-state index is -0.266. The standard InChI is InChI=1S/C16H17N7O/c1-12-5-6-14(10-15(12)23-11-19-21-22-23)20-16(24)18-9-7-13-4-2-3-8-17-13/h2-6,8,10-11H,7,9H2,1H3,(H2,18,20,24). The van der Waals surface area contributed by atoms with Crippen LogP contribution in [0.3, 0.4) is 0 Å². The lowest BCUT2D eigenvalue weighted by Gasteiger charge is -2.10. The van der Waals surface area contributed by atoms with Crippen LogP contribution in [0.15, 0.2) is 48.9 Å². The second-order valence-electron chi connectivity index (χ2n) is 5.21. The summed E-state index contributed by atoms with van der Waals surface area (Å²) >= 11 is 0. The van der Waals surface area contributed by atoms with E-state index < -0.39 is 0 Å². The van der Waals surface area contributed by atoms with Crippen molar-refractivity contribution in [2.45, 2.75) is 13.3 Å². The molecule has 0 saturated heterocycles. The molecule has 2 heterocycles. The number of hydrogen-bond donors (Lipinski definition) is 2. The van der Waals surface area contributed by atoms with E-state index in [1.165, 1.54) is 6.33 Å². The van der Waals surface area contributed by atoms with Gasteiger partial charge in [0.1, 0.15) is 6.33 Å². The first-order chi connectivity index (χ1) is 11.7. The van der Waals surface area contributed by atoms with Crippen LogP contribution in [-0.2, 0) is 6.42 Å². The molecule has 0 atom stereocenters. The van der Waals surface area contributed by atoms with Gasteiger partial charge in [-0.2, -0.15) is 0 Å². The van der Waals surface area contributed by atoms with E-state index in [1.54, 1.807) is 10.9 Å². The van der Waals surface area contributed by atoms with E-state index in [0.717, 1.165) is 16.9 Å². The Bertz CT molecular complexity index is 803. The van der Waals surface area contributed by atoms with Gasteiger partial charge in [-0.15, -0.1) is 5.10 Å². The molecule has 0 aliphatic carbocycles. The van der Waals surface area contributed by atoms with Gasteiger partial charge in [0.05, 0.1) is 5.69 Å². The van der Waals surface area contributed by atoms with Gasteiger partial charge in [0.15, 0.2) is 0 Å². The Kier molecular flexibility index (Phi) is 4.76. The van der Waals surface area contributed by atoms with Crippen molar-refractivity contribution in [1.82, 2.24) is 30.5 Å². The van der Waals surface area contributed by atoms with Crippen molar-refractivity contribution in [1.29, 1.82) is 0 Å². The number of nitrogens with zero attached hydrogens (tertiary/aromatic N) is 5. The highest BCUT2D eigenvalue weighted by Crippen LogP contribution is 2.18. The maximum Gasteiger partial charge on any atom is 0.319 e. The zero-order chi connectivity index (χ0) is 16.8. The third kappa shape index (κ3) is 3.92. The Balaban J connectivity index is 1.57. The number of urea groups is 1. The van der Waals surface area contributed by atoms with Crippen LogP contribution in [0.5, 0.6) is 0 Å². The molecule has 3 rings (SSSR count). The van der Waals surface area contributed by atoms with Crippen molar-refractivity contribution in [2.75, 3.05) is 11.9 Å². The number of aryl methyl sites for hydroxylation is 1. The molecule has 0 spiro atoms. The lowest BCUT2D eigenvalue weighted by Crippen LogP contribution is -2.30. The van der Waals surface area contributed by atoms with Crippen molar-refractivity contribution < 1.29 is 4.79 Å². The van der Waals surface area contributed by atoms with E-state index in [4.69, 9.17) is 0 Å². The van der Waals surface area contributed by atoms with Crippen molar-refractivity contribution in [3.05, 3.63) is 60.2 Å². The summed E-state index contributed by atoms with van der Waals surface area (Å²) in [6.45, 7) is 2.46. The number of carbonyl (C=O) groups excluding carboxylic acids is 1. The Morgan fingerprint density at radius 2 is 2.17 bits per heavy atom. The molecule has 0 radical (unpaired) electrons. The van der Waals surface area contributed by atoms with E-state index in [-0.39, 0.29) is 6.03 Å². The highest BCUT2D eigenvalue weighted by Gasteiger charge is 2.07. The normalized spacial score (nSPS) is 10.4. The second-order valence-corrected chi connectivity index (χ2v) is 5.21. The van der Waals surface area contributed by atoms with E-state index in [9.17, 15) is 4.79 Å². The molecule has 0 unspecified atom stereocenters. The van der Waals surface area contributed by atoms with Gasteiger partial charge in [-0.25, -0.2) is 9.48 Å².